The van der Waals surface area contributed by atoms with Gasteiger partial charge in [-0.1, -0.05) is 43.1 Å². The summed E-state index contributed by atoms with van der Waals surface area (Å²) in [5.74, 6) is 0.186. The molecule has 21 heavy (non-hydrogen) atoms. The molecule has 1 unspecified atom stereocenters. The molecule has 0 saturated heterocycles. The van der Waals surface area contributed by atoms with Gasteiger partial charge in [0.1, 0.15) is 0 Å². The average molecular weight is 379 g/mol. The highest BCUT2D eigenvalue weighted by atomic mass is 79.9. The smallest absolute Gasteiger partial charge is 0.258 e. The molecule has 0 aliphatic heterocycles. The van der Waals surface area contributed by atoms with Crippen LogP contribution in [0.15, 0.2) is 27.6 Å². The topological polar surface area (TPSA) is 80.5 Å². The summed E-state index contributed by atoms with van der Waals surface area (Å²) in [5.41, 5.74) is -0.402. The Morgan fingerprint density at radius 3 is 2.48 bits per heavy atom. The average Bonchev–Trinajstić information content (AvgIpc) is 2.43. The van der Waals surface area contributed by atoms with Crippen molar-refractivity contribution in [2.75, 3.05) is 13.1 Å². The first-order valence-corrected chi connectivity index (χ1v) is 8.91. The van der Waals surface area contributed by atoms with Crippen molar-refractivity contribution >= 4 is 31.6 Å². The van der Waals surface area contributed by atoms with Crippen molar-refractivity contribution < 1.29 is 13.3 Å². The summed E-state index contributed by atoms with van der Waals surface area (Å²) in [6.45, 7) is 6.28. The number of nitro benzene ring substituents is 1. The summed E-state index contributed by atoms with van der Waals surface area (Å²) in [7, 11) is -3.89. The fourth-order valence-electron chi connectivity index (χ4n) is 1.86. The lowest BCUT2D eigenvalue weighted by Gasteiger charge is -2.23. The number of sulfonamides is 1. The van der Waals surface area contributed by atoms with E-state index >= 15 is 0 Å². The van der Waals surface area contributed by atoms with Crippen LogP contribution in [-0.4, -0.2) is 30.7 Å². The fraction of sp³-hybridized carbons (Fsp3) is 0.538. The Morgan fingerprint density at radius 2 is 2.00 bits per heavy atom. The van der Waals surface area contributed by atoms with Crippen molar-refractivity contribution in [3.63, 3.8) is 0 Å². The van der Waals surface area contributed by atoms with Crippen LogP contribution < -0.4 is 0 Å². The minimum atomic E-state index is -3.89. The lowest BCUT2D eigenvalue weighted by Crippen LogP contribution is -2.34. The van der Waals surface area contributed by atoms with Crippen molar-refractivity contribution in [1.82, 2.24) is 4.31 Å². The molecule has 0 saturated carbocycles. The largest absolute Gasteiger partial charge is 0.289 e. The molecule has 8 heteroatoms. The van der Waals surface area contributed by atoms with Gasteiger partial charge in [-0.2, -0.15) is 4.31 Å². The maximum Gasteiger partial charge on any atom is 0.289 e. The van der Waals surface area contributed by atoms with Crippen LogP contribution in [0.5, 0.6) is 0 Å². The zero-order valence-electron chi connectivity index (χ0n) is 12.2. The van der Waals surface area contributed by atoms with E-state index in [9.17, 15) is 18.5 Å². The Labute approximate surface area is 133 Å². The summed E-state index contributed by atoms with van der Waals surface area (Å²) < 4.78 is 27.2. The van der Waals surface area contributed by atoms with Crippen LogP contribution in [0.1, 0.15) is 27.2 Å². The second kappa shape index (κ2) is 7.33. The maximum absolute atomic E-state index is 12.7. The molecule has 1 aromatic rings. The van der Waals surface area contributed by atoms with Gasteiger partial charge in [0.2, 0.25) is 10.0 Å². The standard InChI is InChI=1S/C13H19BrN2O4S/c1-4-10(3)9-15(5-2)21(19,20)13-8-11(14)6-7-12(13)16(17)18/h6-8,10H,4-5,9H2,1-3H3. The lowest BCUT2D eigenvalue weighted by molar-refractivity contribution is -0.387. The molecule has 0 aliphatic rings. The molecule has 0 fully saturated rings. The van der Waals surface area contributed by atoms with Crippen molar-refractivity contribution in [2.24, 2.45) is 5.92 Å². The van der Waals surface area contributed by atoms with Gasteiger partial charge in [-0.3, -0.25) is 10.1 Å². The molecule has 0 aromatic heterocycles. The molecule has 118 valence electrons. The molecular formula is C13H19BrN2O4S. The van der Waals surface area contributed by atoms with Crippen LogP contribution in [0.4, 0.5) is 5.69 Å². The molecule has 0 N–H and O–H groups in total. The van der Waals surface area contributed by atoms with Crippen LogP contribution in [-0.2, 0) is 10.0 Å². The monoisotopic (exact) mass is 378 g/mol. The van der Waals surface area contributed by atoms with E-state index < -0.39 is 20.6 Å². The van der Waals surface area contributed by atoms with Gasteiger partial charge >= 0.3 is 0 Å². The quantitative estimate of drug-likeness (QED) is 0.537. The number of rotatable bonds is 7. The predicted octanol–water partition coefficient (Wildman–Crippen LogP) is 3.41. The first kappa shape index (κ1) is 18.1. The van der Waals surface area contributed by atoms with E-state index in [2.05, 4.69) is 15.9 Å². The second-order valence-electron chi connectivity index (χ2n) is 4.84. The van der Waals surface area contributed by atoms with E-state index in [0.717, 1.165) is 6.42 Å². The molecule has 0 spiro atoms. The molecule has 6 nitrogen and oxygen atoms in total. The number of hydrogen-bond acceptors (Lipinski definition) is 4. The minimum absolute atomic E-state index is 0.186. The zero-order chi connectivity index (χ0) is 16.2. The van der Waals surface area contributed by atoms with Gasteiger partial charge in [0, 0.05) is 23.6 Å². The summed E-state index contributed by atoms with van der Waals surface area (Å²) in [6.07, 6.45) is 0.840. The summed E-state index contributed by atoms with van der Waals surface area (Å²) in [4.78, 5) is 10.1. The van der Waals surface area contributed by atoms with E-state index in [-0.39, 0.29) is 17.4 Å². The first-order valence-electron chi connectivity index (χ1n) is 6.68. The SMILES string of the molecule is CCC(C)CN(CC)S(=O)(=O)c1cc(Br)ccc1[N+](=O)[O-]. The highest BCUT2D eigenvalue weighted by Crippen LogP contribution is 2.30. The number of nitrogens with zero attached hydrogens (tertiary/aromatic N) is 2. The number of halogens is 1. The third kappa shape index (κ3) is 4.24. The Kier molecular flexibility index (Phi) is 6.30. The molecule has 1 aromatic carbocycles. The molecule has 1 rings (SSSR count). The van der Waals surface area contributed by atoms with E-state index in [4.69, 9.17) is 0 Å². The highest BCUT2D eigenvalue weighted by Gasteiger charge is 2.31. The van der Waals surface area contributed by atoms with Crippen molar-refractivity contribution in [1.29, 1.82) is 0 Å². The van der Waals surface area contributed by atoms with E-state index in [1.807, 2.05) is 13.8 Å². The highest BCUT2D eigenvalue weighted by molar-refractivity contribution is 9.10. The third-order valence-corrected chi connectivity index (χ3v) is 5.76. The molecule has 0 radical (unpaired) electrons. The second-order valence-corrected chi connectivity index (χ2v) is 7.66. The molecule has 1 atom stereocenters. The Morgan fingerprint density at radius 1 is 1.38 bits per heavy atom. The summed E-state index contributed by atoms with van der Waals surface area (Å²) in [5, 5.41) is 11.1. The van der Waals surface area contributed by atoms with Gasteiger partial charge in [-0.15, -0.1) is 0 Å². The summed E-state index contributed by atoms with van der Waals surface area (Å²) in [6, 6.07) is 3.95. The minimum Gasteiger partial charge on any atom is -0.258 e. The summed E-state index contributed by atoms with van der Waals surface area (Å²) >= 11 is 3.17. The molecule has 0 bridgehead atoms. The van der Waals surface area contributed by atoms with Gasteiger partial charge in [-0.05, 0) is 18.1 Å². The van der Waals surface area contributed by atoms with Crippen LogP contribution in [0.3, 0.4) is 0 Å². The molecule has 0 heterocycles. The van der Waals surface area contributed by atoms with Crippen LogP contribution in [0.25, 0.3) is 0 Å². The van der Waals surface area contributed by atoms with E-state index in [0.29, 0.717) is 11.0 Å². The van der Waals surface area contributed by atoms with E-state index in [1.165, 1.54) is 22.5 Å². The third-order valence-electron chi connectivity index (χ3n) is 3.30. The van der Waals surface area contributed by atoms with Crippen LogP contribution in [0.2, 0.25) is 0 Å². The number of nitro groups is 1. The predicted molar refractivity (Wildman–Crippen MR) is 84.7 cm³/mol. The Balaban J connectivity index is 3.34. The van der Waals surface area contributed by atoms with Gasteiger partial charge < -0.3 is 0 Å². The van der Waals surface area contributed by atoms with Crippen molar-refractivity contribution in [3.8, 4) is 0 Å². The van der Waals surface area contributed by atoms with Crippen molar-refractivity contribution in [3.05, 3.63) is 32.8 Å². The maximum atomic E-state index is 12.7. The Hall–Kier alpha value is -0.990. The van der Waals surface area contributed by atoms with Crippen LogP contribution in [0, 0.1) is 16.0 Å². The van der Waals surface area contributed by atoms with Gasteiger partial charge in [-0.25, -0.2) is 8.42 Å². The fourth-order valence-corrected chi connectivity index (χ4v) is 4.12. The normalized spacial score (nSPS) is 13.4. The van der Waals surface area contributed by atoms with Gasteiger partial charge in [0.15, 0.2) is 4.90 Å². The molecule has 0 aliphatic carbocycles. The first-order chi connectivity index (χ1) is 9.73. The van der Waals surface area contributed by atoms with Gasteiger partial charge in [0.25, 0.3) is 5.69 Å². The van der Waals surface area contributed by atoms with E-state index in [1.54, 1.807) is 6.92 Å². The number of hydrogen-bond donors (Lipinski definition) is 0. The molecular weight excluding hydrogens is 360 g/mol. The van der Waals surface area contributed by atoms with Crippen LogP contribution >= 0.6 is 15.9 Å². The van der Waals surface area contributed by atoms with Gasteiger partial charge in [0.05, 0.1) is 4.92 Å². The molecule has 0 amide bonds. The zero-order valence-corrected chi connectivity index (χ0v) is 14.6. The van der Waals surface area contributed by atoms with Crippen molar-refractivity contribution in [2.45, 2.75) is 32.1 Å². The number of benzene rings is 1. The Bertz CT molecular complexity index is 619. The lowest BCUT2D eigenvalue weighted by atomic mass is 10.1.